The van der Waals surface area contributed by atoms with Crippen LogP contribution in [-0.2, 0) is 12.8 Å². The van der Waals surface area contributed by atoms with E-state index < -0.39 is 0 Å². The van der Waals surface area contributed by atoms with Gasteiger partial charge in [-0.3, -0.25) is 0 Å². The molecule has 1 heterocycles. The third-order valence-electron chi connectivity index (χ3n) is 4.50. The van der Waals surface area contributed by atoms with Crippen molar-refractivity contribution in [2.45, 2.75) is 26.7 Å². The molecular weight excluding hydrogens is 342 g/mol. The Labute approximate surface area is 158 Å². The molecule has 0 fully saturated rings. The molecule has 0 aliphatic rings. The molecule has 1 aromatic heterocycles. The summed E-state index contributed by atoms with van der Waals surface area (Å²) in [5, 5.41) is 3.73. The number of nitrogens with zero attached hydrogens (tertiary/aromatic N) is 2. The fourth-order valence-electron chi connectivity index (χ4n) is 3.13. The van der Waals surface area contributed by atoms with Crippen molar-refractivity contribution < 1.29 is 0 Å². The Hall–Kier alpha value is -2.65. The molecule has 26 heavy (non-hydrogen) atoms. The fraction of sp³-hybridized carbons (Fsp3) is 0.182. The number of fused-ring (bicyclic) bond motifs is 2. The van der Waals surface area contributed by atoms with Crippen molar-refractivity contribution in [3.05, 3.63) is 77.2 Å². The topological polar surface area (TPSA) is 51.8 Å². The molecule has 0 saturated carbocycles. The Bertz CT molecular complexity index is 1040. The molecule has 0 saturated heterocycles. The van der Waals surface area contributed by atoms with Gasteiger partial charge in [0.15, 0.2) is 0 Å². The van der Waals surface area contributed by atoms with Crippen molar-refractivity contribution in [2.75, 3.05) is 5.73 Å². The van der Waals surface area contributed by atoms with Crippen LogP contribution in [0.15, 0.2) is 60.9 Å². The molecule has 0 aliphatic carbocycles. The zero-order chi connectivity index (χ0) is 18.5. The van der Waals surface area contributed by atoms with Gasteiger partial charge in [0, 0.05) is 11.1 Å². The summed E-state index contributed by atoms with van der Waals surface area (Å²) < 4.78 is 0. The Morgan fingerprint density at radius 2 is 1.62 bits per heavy atom. The zero-order valence-corrected chi connectivity index (χ0v) is 15.8. The normalized spacial score (nSPS) is 10.6. The smallest absolute Gasteiger partial charge is 0.140 e. The van der Waals surface area contributed by atoms with Crippen LogP contribution in [0.25, 0.3) is 21.7 Å². The van der Waals surface area contributed by atoms with Gasteiger partial charge in [0.25, 0.3) is 0 Å². The number of aromatic nitrogens is 2. The zero-order valence-electron chi connectivity index (χ0n) is 15.0. The molecule has 0 aliphatic heterocycles. The molecule has 4 rings (SSSR count). The first kappa shape index (κ1) is 18.2. The summed E-state index contributed by atoms with van der Waals surface area (Å²) in [6.07, 6.45) is 3.60. The number of benzene rings is 3. The summed E-state index contributed by atoms with van der Waals surface area (Å²) >= 11 is 6.01. The number of anilines is 1. The van der Waals surface area contributed by atoms with E-state index in [1.54, 1.807) is 0 Å². The van der Waals surface area contributed by atoms with E-state index in [9.17, 15) is 0 Å². The van der Waals surface area contributed by atoms with Crippen LogP contribution in [-0.4, -0.2) is 9.97 Å². The van der Waals surface area contributed by atoms with Gasteiger partial charge in [-0.2, -0.15) is 0 Å². The van der Waals surface area contributed by atoms with Crippen LogP contribution in [0.5, 0.6) is 0 Å². The van der Waals surface area contributed by atoms with E-state index in [1.165, 1.54) is 22.8 Å². The van der Waals surface area contributed by atoms with Crippen molar-refractivity contribution in [2.24, 2.45) is 0 Å². The molecule has 3 aromatic carbocycles. The molecular formula is C22H22ClN3. The van der Waals surface area contributed by atoms with Gasteiger partial charge in [-0.1, -0.05) is 61.8 Å². The minimum absolute atomic E-state index is 0.505. The molecule has 0 bridgehead atoms. The summed E-state index contributed by atoms with van der Waals surface area (Å²) in [6.45, 7) is 4.30. The standard InChI is InChI=1S/C12H7ClN2.C10H15N/c13-12-10-5-8-3-1-2-4-9(8)6-11(10)14-7-15-12;1-3-8-6-5-7-10(11)9(8)4-2/h1-7H;5-7H,3-4,11H2,1-2H3. The molecule has 0 amide bonds. The van der Waals surface area contributed by atoms with Crippen LogP contribution in [0.4, 0.5) is 5.69 Å². The predicted molar refractivity (Wildman–Crippen MR) is 112 cm³/mol. The first-order valence-electron chi connectivity index (χ1n) is 8.79. The van der Waals surface area contributed by atoms with Crippen molar-refractivity contribution in [1.82, 2.24) is 9.97 Å². The van der Waals surface area contributed by atoms with E-state index in [1.807, 2.05) is 36.4 Å². The number of rotatable bonds is 2. The summed E-state index contributed by atoms with van der Waals surface area (Å²) in [5.74, 6) is 0. The second kappa shape index (κ2) is 8.15. The largest absolute Gasteiger partial charge is 0.398 e. The molecule has 2 N–H and O–H groups in total. The van der Waals surface area contributed by atoms with Gasteiger partial charge in [-0.15, -0.1) is 0 Å². The monoisotopic (exact) mass is 363 g/mol. The molecule has 4 heteroatoms. The summed E-state index contributed by atoms with van der Waals surface area (Å²) in [4.78, 5) is 8.17. The van der Waals surface area contributed by atoms with Gasteiger partial charge in [0.05, 0.1) is 5.52 Å². The lowest BCUT2D eigenvalue weighted by Crippen LogP contribution is -1.97. The van der Waals surface area contributed by atoms with Gasteiger partial charge in [0.2, 0.25) is 0 Å². The Balaban J connectivity index is 0.000000160. The fourth-order valence-corrected chi connectivity index (χ4v) is 3.32. The molecule has 3 nitrogen and oxygen atoms in total. The van der Waals surface area contributed by atoms with Gasteiger partial charge in [-0.05, 0) is 52.9 Å². The third-order valence-corrected chi connectivity index (χ3v) is 4.80. The lowest BCUT2D eigenvalue weighted by Gasteiger charge is -2.07. The van der Waals surface area contributed by atoms with Crippen LogP contribution in [0.3, 0.4) is 0 Å². The lowest BCUT2D eigenvalue weighted by atomic mass is 10.0. The highest BCUT2D eigenvalue weighted by Gasteiger charge is 2.02. The van der Waals surface area contributed by atoms with Crippen molar-refractivity contribution in [3.8, 4) is 0 Å². The quantitative estimate of drug-likeness (QED) is 0.277. The van der Waals surface area contributed by atoms with E-state index in [4.69, 9.17) is 17.3 Å². The summed E-state index contributed by atoms with van der Waals surface area (Å²) in [6, 6.07) is 18.3. The van der Waals surface area contributed by atoms with Crippen molar-refractivity contribution in [3.63, 3.8) is 0 Å². The molecule has 0 radical (unpaired) electrons. The minimum atomic E-state index is 0.505. The number of halogens is 1. The van der Waals surface area contributed by atoms with Gasteiger partial charge < -0.3 is 5.73 Å². The second-order valence-electron chi connectivity index (χ2n) is 6.07. The number of nitrogen functional groups attached to an aromatic ring is 1. The van der Waals surface area contributed by atoms with Gasteiger partial charge in [0.1, 0.15) is 11.5 Å². The highest BCUT2D eigenvalue weighted by Crippen LogP contribution is 2.25. The minimum Gasteiger partial charge on any atom is -0.398 e. The van der Waals surface area contributed by atoms with E-state index >= 15 is 0 Å². The molecule has 132 valence electrons. The highest BCUT2D eigenvalue weighted by molar-refractivity contribution is 6.34. The number of hydrogen-bond donors (Lipinski definition) is 1. The average Bonchev–Trinajstić information content (AvgIpc) is 2.67. The van der Waals surface area contributed by atoms with Gasteiger partial charge >= 0.3 is 0 Å². The average molecular weight is 364 g/mol. The van der Waals surface area contributed by atoms with E-state index in [0.717, 1.165) is 34.8 Å². The van der Waals surface area contributed by atoms with E-state index in [0.29, 0.717) is 5.15 Å². The van der Waals surface area contributed by atoms with Crippen LogP contribution in [0, 0.1) is 0 Å². The summed E-state index contributed by atoms with van der Waals surface area (Å²) in [5.41, 5.74) is 10.3. The molecule has 0 unspecified atom stereocenters. The van der Waals surface area contributed by atoms with Crippen LogP contribution >= 0.6 is 11.6 Å². The highest BCUT2D eigenvalue weighted by atomic mass is 35.5. The summed E-state index contributed by atoms with van der Waals surface area (Å²) in [7, 11) is 0. The maximum atomic E-state index is 6.01. The number of aryl methyl sites for hydroxylation is 1. The van der Waals surface area contributed by atoms with Crippen molar-refractivity contribution >= 4 is 39.0 Å². The molecule has 0 atom stereocenters. The number of hydrogen-bond acceptors (Lipinski definition) is 3. The number of nitrogens with two attached hydrogens (primary N) is 1. The lowest BCUT2D eigenvalue weighted by molar-refractivity contribution is 1.04. The first-order valence-corrected chi connectivity index (χ1v) is 9.17. The van der Waals surface area contributed by atoms with Gasteiger partial charge in [-0.25, -0.2) is 9.97 Å². The Morgan fingerprint density at radius 3 is 2.27 bits per heavy atom. The maximum absolute atomic E-state index is 6.01. The SMILES string of the molecule is CCc1cccc(N)c1CC.Clc1ncnc2cc3ccccc3cc12. The van der Waals surface area contributed by atoms with Crippen molar-refractivity contribution in [1.29, 1.82) is 0 Å². The predicted octanol–water partition coefficient (Wildman–Crippen LogP) is 5.83. The first-order chi connectivity index (χ1) is 12.6. The van der Waals surface area contributed by atoms with E-state index in [-0.39, 0.29) is 0 Å². The molecule has 0 spiro atoms. The Kier molecular flexibility index (Phi) is 5.69. The van der Waals surface area contributed by atoms with Crippen LogP contribution in [0.1, 0.15) is 25.0 Å². The maximum Gasteiger partial charge on any atom is 0.140 e. The van der Waals surface area contributed by atoms with E-state index in [2.05, 4.69) is 42.0 Å². The third kappa shape index (κ3) is 3.78. The van der Waals surface area contributed by atoms with Crippen LogP contribution < -0.4 is 5.73 Å². The second-order valence-corrected chi connectivity index (χ2v) is 6.43. The van der Waals surface area contributed by atoms with Crippen LogP contribution in [0.2, 0.25) is 5.15 Å². The Morgan fingerprint density at radius 1 is 0.885 bits per heavy atom. The molecule has 4 aromatic rings.